The Balaban J connectivity index is 1.62. The van der Waals surface area contributed by atoms with Crippen LogP contribution < -0.4 is 5.32 Å². The van der Waals surface area contributed by atoms with E-state index in [1.807, 2.05) is 12.1 Å². The van der Waals surface area contributed by atoms with Crippen LogP contribution in [-0.2, 0) is 9.47 Å². The maximum Gasteiger partial charge on any atom is 0.360 e. The first-order chi connectivity index (χ1) is 14.2. The van der Waals surface area contributed by atoms with Gasteiger partial charge in [-0.05, 0) is 23.8 Å². The van der Waals surface area contributed by atoms with Gasteiger partial charge in [0.2, 0.25) is 0 Å². The number of carbonyl (C=O) groups is 2. The average Bonchev–Trinajstić information content (AvgIpc) is 3.44. The van der Waals surface area contributed by atoms with Crippen molar-refractivity contribution < 1.29 is 19.1 Å². The Morgan fingerprint density at radius 2 is 2.21 bits per heavy atom. The van der Waals surface area contributed by atoms with Crippen LogP contribution in [0.2, 0.25) is 0 Å². The van der Waals surface area contributed by atoms with Gasteiger partial charge in [-0.2, -0.15) is 10.2 Å². The lowest BCUT2D eigenvalue weighted by Gasteiger charge is -2.12. The van der Waals surface area contributed by atoms with Gasteiger partial charge < -0.3 is 14.8 Å². The number of H-pyrrole nitrogens is 1. The lowest BCUT2D eigenvalue weighted by molar-refractivity contribution is 0.0594. The summed E-state index contributed by atoms with van der Waals surface area (Å²) in [4.78, 5) is 25.0. The minimum atomic E-state index is -0.626. The molecule has 2 N–H and O–H groups in total. The summed E-state index contributed by atoms with van der Waals surface area (Å²) in [6.45, 7) is 1.05. The molecule has 3 aromatic rings. The zero-order valence-corrected chi connectivity index (χ0v) is 15.7. The van der Waals surface area contributed by atoms with Crippen molar-refractivity contribution in [3.63, 3.8) is 0 Å². The Morgan fingerprint density at radius 1 is 1.31 bits per heavy atom. The number of benzene rings is 1. The molecule has 9 nitrogen and oxygen atoms in total. The summed E-state index contributed by atoms with van der Waals surface area (Å²) in [5, 5.41) is 13.7. The molecule has 0 atom stereocenters. The molecule has 0 unspecified atom stereocenters. The van der Waals surface area contributed by atoms with Crippen LogP contribution in [-0.4, -0.2) is 52.2 Å². The van der Waals surface area contributed by atoms with Gasteiger partial charge >= 0.3 is 5.97 Å². The molecular weight excluding hydrogens is 374 g/mol. The molecule has 0 bridgehead atoms. The molecule has 0 radical (unpaired) electrons. The minimum absolute atomic E-state index is 0.0410. The van der Waals surface area contributed by atoms with E-state index >= 15 is 0 Å². The normalized spacial score (nSPS) is 13.6. The van der Waals surface area contributed by atoms with Crippen LogP contribution in [0.1, 0.15) is 27.3 Å². The molecule has 1 aromatic carbocycles. The van der Waals surface area contributed by atoms with Gasteiger partial charge in [-0.25, -0.2) is 9.48 Å². The molecule has 1 amide bonds. The molecule has 148 valence electrons. The Morgan fingerprint density at radius 3 is 2.93 bits per heavy atom. The van der Waals surface area contributed by atoms with Crippen LogP contribution in [0.3, 0.4) is 0 Å². The van der Waals surface area contributed by atoms with Crippen molar-refractivity contribution in [2.75, 3.05) is 25.6 Å². The molecule has 3 heterocycles. The van der Waals surface area contributed by atoms with Gasteiger partial charge in [0.25, 0.3) is 5.91 Å². The second kappa shape index (κ2) is 8.11. The van der Waals surface area contributed by atoms with Crippen LogP contribution >= 0.6 is 0 Å². The molecule has 0 aliphatic carbocycles. The zero-order valence-electron chi connectivity index (χ0n) is 15.7. The number of anilines is 1. The number of aromatic amines is 1. The number of ether oxygens (including phenoxy) is 2. The highest BCUT2D eigenvalue weighted by Gasteiger charge is 2.21. The van der Waals surface area contributed by atoms with Crippen molar-refractivity contribution in [2.45, 2.75) is 6.42 Å². The number of amides is 1. The van der Waals surface area contributed by atoms with E-state index in [1.165, 1.54) is 7.11 Å². The Bertz CT molecular complexity index is 1070. The van der Waals surface area contributed by atoms with Crippen molar-refractivity contribution in [1.29, 1.82) is 0 Å². The van der Waals surface area contributed by atoms with Gasteiger partial charge in [-0.3, -0.25) is 9.89 Å². The van der Waals surface area contributed by atoms with Crippen LogP contribution in [0, 0.1) is 0 Å². The van der Waals surface area contributed by atoms with Gasteiger partial charge in [0.1, 0.15) is 0 Å². The third-order valence-electron chi connectivity index (χ3n) is 4.53. The van der Waals surface area contributed by atoms with Crippen LogP contribution in [0.25, 0.3) is 16.8 Å². The average molecular weight is 393 g/mol. The summed E-state index contributed by atoms with van der Waals surface area (Å²) >= 11 is 0. The van der Waals surface area contributed by atoms with Crippen molar-refractivity contribution in [2.24, 2.45) is 0 Å². The fourth-order valence-electron chi connectivity index (χ4n) is 3.03. The highest BCUT2D eigenvalue weighted by atomic mass is 16.5. The first-order valence-corrected chi connectivity index (χ1v) is 9.01. The monoisotopic (exact) mass is 393 g/mol. The summed E-state index contributed by atoms with van der Waals surface area (Å²) in [5.74, 6) is -0.986. The predicted octanol–water partition coefficient (Wildman–Crippen LogP) is 2.57. The lowest BCUT2D eigenvalue weighted by atomic mass is 10.1. The number of nitrogens with zero attached hydrogens (tertiary/aromatic N) is 3. The van der Waals surface area contributed by atoms with Gasteiger partial charge in [0.05, 0.1) is 38.4 Å². The molecule has 1 aliphatic heterocycles. The smallest absolute Gasteiger partial charge is 0.360 e. The molecule has 29 heavy (non-hydrogen) atoms. The molecule has 0 fully saturated rings. The summed E-state index contributed by atoms with van der Waals surface area (Å²) < 4.78 is 11.7. The van der Waals surface area contributed by atoms with Crippen LogP contribution in [0.15, 0.2) is 48.9 Å². The third kappa shape index (κ3) is 3.94. The fraction of sp³-hybridized carbons (Fsp3) is 0.200. The maximum atomic E-state index is 12.8. The largest absolute Gasteiger partial charge is 0.464 e. The van der Waals surface area contributed by atoms with Crippen molar-refractivity contribution in [3.05, 3.63) is 60.2 Å². The predicted molar refractivity (Wildman–Crippen MR) is 105 cm³/mol. The summed E-state index contributed by atoms with van der Waals surface area (Å²) in [7, 11) is 1.27. The van der Waals surface area contributed by atoms with Crippen LogP contribution in [0.5, 0.6) is 0 Å². The number of nitrogens with one attached hydrogen (secondary N) is 2. The number of hydrogen-bond donors (Lipinski definition) is 2. The number of methoxy groups -OCH3 is 1. The first kappa shape index (κ1) is 18.6. The molecule has 0 saturated heterocycles. The van der Waals surface area contributed by atoms with Gasteiger partial charge in [-0.1, -0.05) is 12.1 Å². The molecule has 1 aliphatic rings. The van der Waals surface area contributed by atoms with Crippen molar-refractivity contribution >= 4 is 23.3 Å². The van der Waals surface area contributed by atoms with E-state index in [2.05, 4.69) is 20.6 Å². The van der Waals surface area contributed by atoms with E-state index in [0.717, 1.165) is 16.8 Å². The maximum absolute atomic E-state index is 12.8. The van der Waals surface area contributed by atoms with E-state index in [4.69, 9.17) is 9.47 Å². The van der Waals surface area contributed by atoms with Crippen molar-refractivity contribution in [3.8, 4) is 11.1 Å². The Labute approximate surface area is 166 Å². The van der Waals surface area contributed by atoms with E-state index in [9.17, 15) is 9.59 Å². The van der Waals surface area contributed by atoms with Gasteiger partial charge in [0, 0.05) is 29.4 Å². The standard InChI is InChI=1S/C20H19N5O4/c1-28-20(27)18-17(12-25(24-18)16-5-7-29-8-6-16)23-19(26)14-4-2-3-13(9-14)15-10-21-22-11-15/h2-5,9-12H,6-8H2,1H3,(H,21,22)(H,23,26). The van der Waals surface area contributed by atoms with Gasteiger partial charge in [0.15, 0.2) is 5.69 Å². The van der Waals surface area contributed by atoms with E-state index in [1.54, 1.807) is 41.5 Å². The van der Waals surface area contributed by atoms with E-state index in [0.29, 0.717) is 25.2 Å². The fourth-order valence-corrected chi connectivity index (χ4v) is 3.03. The number of esters is 1. The minimum Gasteiger partial charge on any atom is -0.464 e. The van der Waals surface area contributed by atoms with E-state index in [-0.39, 0.29) is 17.3 Å². The highest BCUT2D eigenvalue weighted by Crippen LogP contribution is 2.23. The molecular formula is C20H19N5O4. The summed E-state index contributed by atoms with van der Waals surface area (Å²) in [5.41, 5.74) is 3.38. The van der Waals surface area contributed by atoms with Crippen LogP contribution in [0.4, 0.5) is 5.69 Å². The second-order valence-corrected chi connectivity index (χ2v) is 6.37. The Kier molecular flexibility index (Phi) is 5.21. The number of rotatable bonds is 5. The van der Waals surface area contributed by atoms with Crippen molar-refractivity contribution in [1.82, 2.24) is 20.0 Å². The SMILES string of the molecule is COC(=O)c1nn(C2=CCOCC2)cc1NC(=O)c1cccc(-c2cn[nH]c2)c1. The third-order valence-corrected chi connectivity index (χ3v) is 4.53. The topological polar surface area (TPSA) is 111 Å². The lowest BCUT2D eigenvalue weighted by Crippen LogP contribution is -2.14. The number of hydrogen-bond acceptors (Lipinski definition) is 6. The molecule has 0 saturated carbocycles. The molecule has 4 rings (SSSR count). The first-order valence-electron chi connectivity index (χ1n) is 9.01. The van der Waals surface area contributed by atoms with E-state index < -0.39 is 5.97 Å². The quantitative estimate of drug-likeness (QED) is 0.645. The zero-order chi connectivity index (χ0) is 20.2. The summed E-state index contributed by atoms with van der Waals surface area (Å²) in [6.07, 6.45) is 7.58. The second-order valence-electron chi connectivity index (χ2n) is 6.37. The molecule has 2 aromatic heterocycles. The summed E-state index contributed by atoms with van der Waals surface area (Å²) in [6, 6.07) is 7.12. The molecule has 9 heteroatoms. The van der Waals surface area contributed by atoms with Gasteiger partial charge in [-0.15, -0.1) is 0 Å². The number of carbonyl (C=O) groups excluding carboxylic acids is 2. The Hall–Kier alpha value is -3.72. The molecule has 0 spiro atoms. The number of aromatic nitrogens is 4. The highest BCUT2D eigenvalue weighted by molar-refractivity contribution is 6.07.